The van der Waals surface area contributed by atoms with Crippen molar-refractivity contribution in [1.82, 2.24) is 4.57 Å². The Morgan fingerprint density at radius 3 is 2.56 bits per heavy atom. The summed E-state index contributed by atoms with van der Waals surface area (Å²) >= 11 is 0. The monoisotopic (exact) mass is 476 g/mol. The number of anilines is 1. The highest BCUT2D eigenvalue weighted by atomic mass is 32.2. The number of aryl methyl sites for hydroxylation is 1. The van der Waals surface area contributed by atoms with Crippen LogP contribution in [0, 0.1) is 6.92 Å². The van der Waals surface area contributed by atoms with Gasteiger partial charge in [-0.15, -0.1) is 0 Å². The van der Waals surface area contributed by atoms with Crippen molar-refractivity contribution in [1.29, 1.82) is 0 Å². The van der Waals surface area contributed by atoms with E-state index in [1.54, 1.807) is 54.6 Å². The standard InChI is InChI=1S/C25H20N2O6S/c1-16-7-9-20-19(11-16)25(29)23(34(30,31)18-5-3-2-4-6-18)13-27(20)14-24(28)26-17-8-10-21-22(12-17)33-15-32-21/h2-13H,14-15H2,1H3,(H,26,28). The van der Waals surface area contributed by atoms with Crippen LogP contribution in [-0.4, -0.2) is 25.7 Å². The lowest BCUT2D eigenvalue weighted by molar-refractivity contribution is -0.116. The fourth-order valence-electron chi connectivity index (χ4n) is 3.86. The molecule has 5 rings (SSSR count). The molecule has 1 amide bonds. The van der Waals surface area contributed by atoms with Gasteiger partial charge in [-0.05, 0) is 43.3 Å². The van der Waals surface area contributed by atoms with Crippen LogP contribution >= 0.6 is 0 Å². The summed E-state index contributed by atoms with van der Waals surface area (Å²) in [6.07, 6.45) is 1.24. The highest BCUT2D eigenvalue weighted by Gasteiger charge is 2.24. The highest BCUT2D eigenvalue weighted by Crippen LogP contribution is 2.34. The molecule has 9 heteroatoms. The Kier molecular flexibility index (Phi) is 5.33. The van der Waals surface area contributed by atoms with Crippen molar-refractivity contribution >= 4 is 32.3 Å². The van der Waals surface area contributed by atoms with E-state index < -0.39 is 21.2 Å². The fourth-order valence-corrected chi connectivity index (χ4v) is 5.25. The molecule has 0 atom stereocenters. The summed E-state index contributed by atoms with van der Waals surface area (Å²) in [5, 5.41) is 3.01. The molecular weight excluding hydrogens is 456 g/mol. The second-order valence-electron chi connectivity index (χ2n) is 7.90. The molecule has 0 unspecified atom stereocenters. The Labute approximate surface area is 195 Å². The van der Waals surface area contributed by atoms with Gasteiger partial charge in [0.05, 0.1) is 10.4 Å². The van der Waals surface area contributed by atoms with E-state index in [0.717, 1.165) is 5.56 Å². The van der Waals surface area contributed by atoms with Gasteiger partial charge in [0, 0.05) is 23.3 Å². The van der Waals surface area contributed by atoms with Crippen molar-refractivity contribution < 1.29 is 22.7 Å². The van der Waals surface area contributed by atoms with Crippen LogP contribution in [0.15, 0.2) is 87.5 Å². The molecule has 2 heterocycles. The van der Waals surface area contributed by atoms with E-state index in [0.29, 0.717) is 22.7 Å². The van der Waals surface area contributed by atoms with Crippen molar-refractivity contribution in [3.05, 3.63) is 88.7 Å². The van der Waals surface area contributed by atoms with E-state index in [-0.39, 0.29) is 28.5 Å². The minimum atomic E-state index is -4.09. The lowest BCUT2D eigenvalue weighted by atomic mass is 10.1. The number of fused-ring (bicyclic) bond motifs is 2. The van der Waals surface area contributed by atoms with Gasteiger partial charge in [0.1, 0.15) is 11.4 Å². The first-order chi connectivity index (χ1) is 16.3. The smallest absolute Gasteiger partial charge is 0.244 e. The normalized spacial score (nSPS) is 12.6. The molecular formula is C25H20N2O6S. The second kappa shape index (κ2) is 8.35. The van der Waals surface area contributed by atoms with Crippen LogP contribution in [-0.2, 0) is 21.2 Å². The Morgan fingerprint density at radius 2 is 1.76 bits per heavy atom. The van der Waals surface area contributed by atoms with E-state index in [9.17, 15) is 18.0 Å². The largest absolute Gasteiger partial charge is 0.454 e. The Bertz CT molecular complexity index is 1590. The third-order valence-corrected chi connectivity index (χ3v) is 7.28. The number of benzene rings is 3. The molecule has 0 spiro atoms. The van der Waals surface area contributed by atoms with Crippen LogP contribution in [0.4, 0.5) is 5.69 Å². The number of nitrogens with one attached hydrogen (secondary N) is 1. The quantitative estimate of drug-likeness (QED) is 0.473. The Hall–Kier alpha value is -4.11. The van der Waals surface area contributed by atoms with E-state index in [4.69, 9.17) is 9.47 Å². The number of amides is 1. The molecule has 1 aliphatic rings. The van der Waals surface area contributed by atoms with Gasteiger partial charge in [-0.1, -0.05) is 29.8 Å². The molecule has 1 N–H and O–H groups in total. The Morgan fingerprint density at radius 1 is 1.00 bits per heavy atom. The predicted molar refractivity (Wildman–Crippen MR) is 126 cm³/mol. The van der Waals surface area contributed by atoms with Gasteiger partial charge in [-0.2, -0.15) is 0 Å². The number of carbonyl (C=O) groups is 1. The van der Waals surface area contributed by atoms with Crippen LogP contribution in [0.25, 0.3) is 10.9 Å². The van der Waals surface area contributed by atoms with Gasteiger partial charge in [-0.25, -0.2) is 8.42 Å². The van der Waals surface area contributed by atoms with E-state index in [2.05, 4.69) is 5.32 Å². The summed E-state index contributed by atoms with van der Waals surface area (Å²) in [5.41, 5.74) is 1.17. The number of aromatic nitrogens is 1. The molecule has 34 heavy (non-hydrogen) atoms. The maximum absolute atomic E-state index is 13.3. The van der Waals surface area contributed by atoms with Gasteiger partial charge < -0.3 is 19.4 Å². The molecule has 4 aromatic rings. The number of hydrogen-bond acceptors (Lipinski definition) is 6. The van der Waals surface area contributed by atoms with Crippen LogP contribution in [0.3, 0.4) is 0 Å². The molecule has 3 aromatic carbocycles. The van der Waals surface area contributed by atoms with Crippen LogP contribution in [0.2, 0.25) is 0 Å². The summed E-state index contributed by atoms with van der Waals surface area (Å²) in [7, 11) is -4.09. The molecule has 0 aliphatic carbocycles. The number of rotatable bonds is 5. The van der Waals surface area contributed by atoms with Gasteiger partial charge in [0.2, 0.25) is 28.0 Å². The molecule has 1 aliphatic heterocycles. The lowest BCUT2D eigenvalue weighted by Crippen LogP contribution is -2.24. The molecule has 0 saturated carbocycles. The number of sulfone groups is 1. The maximum Gasteiger partial charge on any atom is 0.244 e. The van der Waals surface area contributed by atoms with Crippen molar-refractivity contribution in [2.45, 2.75) is 23.3 Å². The minimum absolute atomic E-state index is 0.00969. The maximum atomic E-state index is 13.3. The molecule has 172 valence electrons. The number of hydrogen-bond donors (Lipinski definition) is 1. The number of ether oxygens (including phenoxy) is 2. The summed E-state index contributed by atoms with van der Waals surface area (Å²) in [6.45, 7) is 1.73. The summed E-state index contributed by atoms with van der Waals surface area (Å²) < 4.78 is 38.7. The van der Waals surface area contributed by atoms with Gasteiger partial charge >= 0.3 is 0 Å². The van der Waals surface area contributed by atoms with Crippen molar-refractivity contribution in [3.63, 3.8) is 0 Å². The van der Waals surface area contributed by atoms with Crippen LogP contribution in [0.1, 0.15) is 5.56 Å². The van der Waals surface area contributed by atoms with E-state index in [1.165, 1.54) is 22.9 Å². The van der Waals surface area contributed by atoms with Crippen LogP contribution in [0.5, 0.6) is 11.5 Å². The first kappa shape index (κ1) is 21.7. The van der Waals surface area contributed by atoms with E-state index >= 15 is 0 Å². The average molecular weight is 477 g/mol. The zero-order valence-corrected chi connectivity index (χ0v) is 19.0. The lowest BCUT2D eigenvalue weighted by Gasteiger charge is -2.15. The number of carbonyl (C=O) groups excluding carboxylic acids is 1. The van der Waals surface area contributed by atoms with Crippen molar-refractivity contribution in [2.24, 2.45) is 0 Å². The van der Waals surface area contributed by atoms with Gasteiger partial charge in [-0.3, -0.25) is 9.59 Å². The molecule has 0 radical (unpaired) electrons. The Balaban J connectivity index is 1.56. The molecule has 0 bridgehead atoms. The predicted octanol–water partition coefficient (Wildman–Crippen LogP) is 3.51. The molecule has 8 nitrogen and oxygen atoms in total. The zero-order chi connectivity index (χ0) is 23.9. The summed E-state index contributed by atoms with van der Waals surface area (Å²) in [4.78, 5) is 25.7. The zero-order valence-electron chi connectivity index (χ0n) is 18.1. The second-order valence-corrected chi connectivity index (χ2v) is 9.82. The number of nitrogens with zero attached hydrogens (tertiary/aromatic N) is 1. The average Bonchev–Trinajstić information content (AvgIpc) is 3.29. The third kappa shape index (κ3) is 3.90. The summed E-state index contributed by atoms with van der Waals surface area (Å²) in [5.74, 6) is 0.723. The van der Waals surface area contributed by atoms with Crippen LogP contribution < -0.4 is 20.2 Å². The van der Waals surface area contributed by atoms with Gasteiger partial charge in [0.15, 0.2) is 11.5 Å². The first-order valence-corrected chi connectivity index (χ1v) is 11.9. The summed E-state index contributed by atoms with van der Waals surface area (Å²) in [6, 6.07) is 17.9. The molecule has 1 aromatic heterocycles. The van der Waals surface area contributed by atoms with E-state index in [1.807, 2.05) is 6.92 Å². The highest BCUT2D eigenvalue weighted by molar-refractivity contribution is 7.91. The van der Waals surface area contributed by atoms with Gasteiger partial charge in [0.25, 0.3) is 0 Å². The molecule has 0 saturated heterocycles. The van der Waals surface area contributed by atoms with Crippen molar-refractivity contribution in [2.75, 3.05) is 12.1 Å². The molecule has 0 fully saturated rings. The fraction of sp³-hybridized carbons (Fsp3) is 0.120. The third-order valence-electron chi connectivity index (χ3n) is 5.52. The first-order valence-electron chi connectivity index (χ1n) is 10.5. The minimum Gasteiger partial charge on any atom is -0.454 e. The SMILES string of the molecule is Cc1ccc2c(c1)c(=O)c(S(=O)(=O)c1ccccc1)cn2CC(=O)Nc1ccc2c(c1)OCO2. The van der Waals surface area contributed by atoms with Crippen molar-refractivity contribution in [3.8, 4) is 11.5 Å². The number of pyridine rings is 1. The topological polar surface area (TPSA) is 104 Å².